The molecule has 1 heterocycles. The Hall–Kier alpha value is -0.610. The predicted molar refractivity (Wildman–Crippen MR) is 68.7 cm³/mol. The van der Waals surface area contributed by atoms with E-state index >= 15 is 0 Å². The van der Waals surface area contributed by atoms with Gasteiger partial charge in [0.1, 0.15) is 0 Å². The minimum atomic E-state index is -0.324. The van der Waals surface area contributed by atoms with E-state index < -0.39 is 0 Å². The molecule has 1 amide bonds. The second-order valence-corrected chi connectivity index (χ2v) is 4.81. The zero-order valence-electron chi connectivity index (χ0n) is 11.2. The first-order valence-electron chi connectivity index (χ1n) is 6.85. The molecule has 0 saturated carbocycles. The lowest BCUT2D eigenvalue weighted by molar-refractivity contribution is -0.140. The lowest BCUT2D eigenvalue weighted by Gasteiger charge is -2.34. The Bertz CT molecular complexity index is 231. The highest BCUT2D eigenvalue weighted by Crippen LogP contribution is 2.12. The first-order chi connectivity index (χ1) is 8.19. The Kier molecular flexibility index (Phi) is 6.52. The van der Waals surface area contributed by atoms with Crippen LogP contribution in [0, 0.1) is 0 Å². The van der Waals surface area contributed by atoms with Gasteiger partial charge in [0.2, 0.25) is 5.91 Å². The van der Waals surface area contributed by atoms with Crippen molar-refractivity contribution in [3.63, 3.8) is 0 Å². The molecule has 2 atom stereocenters. The molecule has 0 aromatic heterocycles. The summed E-state index contributed by atoms with van der Waals surface area (Å²) < 4.78 is 5.62. The molecule has 0 spiro atoms. The average Bonchev–Trinajstić information content (AvgIpc) is 2.35. The fourth-order valence-electron chi connectivity index (χ4n) is 2.20. The molecule has 1 rings (SSSR count). The first-order valence-corrected chi connectivity index (χ1v) is 6.85. The molecule has 1 fully saturated rings. The largest absolute Gasteiger partial charge is 0.375 e. The van der Waals surface area contributed by atoms with E-state index in [9.17, 15) is 4.79 Å². The molecule has 0 unspecified atom stereocenters. The summed E-state index contributed by atoms with van der Waals surface area (Å²) in [6, 6.07) is -0.324. The monoisotopic (exact) mass is 242 g/mol. The van der Waals surface area contributed by atoms with Crippen LogP contribution in [0.1, 0.15) is 46.0 Å². The van der Waals surface area contributed by atoms with Crippen LogP contribution in [0.2, 0.25) is 0 Å². The molecule has 0 radical (unpaired) electrons. The average molecular weight is 242 g/mol. The van der Waals surface area contributed by atoms with Gasteiger partial charge in [-0.25, -0.2) is 0 Å². The molecule has 1 aliphatic heterocycles. The summed E-state index contributed by atoms with van der Waals surface area (Å²) in [5.41, 5.74) is 5.92. The van der Waals surface area contributed by atoms with E-state index in [1.807, 2.05) is 4.90 Å². The zero-order chi connectivity index (χ0) is 12.7. The van der Waals surface area contributed by atoms with E-state index in [0.717, 1.165) is 32.1 Å². The summed E-state index contributed by atoms with van der Waals surface area (Å²) >= 11 is 0. The van der Waals surface area contributed by atoms with Crippen molar-refractivity contribution >= 4 is 5.91 Å². The molecule has 0 aromatic rings. The normalized spacial score (nSPS) is 22.5. The van der Waals surface area contributed by atoms with E-state index in [2.05, 4.69) is 13.8 Å². The molecule has 0 aromatic carbocycles. The molecule has 0 aliphatic carbocycles. The lowest BCUT2D eigenvalue weighted by Crippen LogP contribution is -2.51. The van der Waals surface area contributed by atoms with Crippen molar-refractivity contribution in [2.45, 2.75) is 58.1 Å². The highest BCUT2D eigenvalue weighted by molar-refractivity contribution is 5.81. The summed E-state index contributed by atoms with van der Waals surface area (Å²) in [5, 5.41) is 0. The Morgan fingerprint density at radius 2 is 2.24 bits per heavy atom. The lowest BCUT2D eigenvalue weighted by atomic mass is 10.1. The van der Waals surface area contributed by atoms with Crippen LogP contribution in [0.25, 0.3) is 0 Å². The summed E-state index contributed by atoms with van der Waals surface area (Å²) in [6.45, 7) is 6.31. The third-order valence-corrected chi connectivity index (χ3v) is 3.25. The topological polar surface area (TPSA) is 55.6 Å². The van der Waals surface area contributed by atoms with Crippen LogP contribution in [0.4, 0.5) is 0 Å². The smallest absolute Gasteiger partial charge is 0.239 e. The van der Waals surface area contributed by atoms with Crippen LogP contribution in [-0.2, 0) is 9.53 Å². The van der Waals surface area contributed by atoms with Gasteiger partial charge in [-0.2, -0.15) is 0 Å². The maximum Gasteiger partial charge on any atom is 0.239 e. The van der Waals surface area contributed by atoms with E-state index in [1.54, 1.807) is 0 Å². The van der Waals surface area contributed by atoms with Crippen LogP contribution < -0.4 is 5.73 Å². The number of nitrogens with zero attached hydrogens (tertiary/aromatic N) is 1. The van der Waals surface area contributed by atoms with Crippen molar-refractivity contribution in [1.82, 2.24) is 4.90 Å². The number of morpholine rings is 1. The summed E-state index contributed by atoms with van der Waals surface area (Å²) in [4.78, 5) is 14.0. The summed E-state index contributed by atoms with van der Waals surface area (Å²) in [6.07, 6.45) is 5.22. The Morgan fingerprint density at radius 1 is 1.47 bits per heavy atom. The van der Waals surface area contributed by atoms with Gasteiger partial charge in [0.25, 0.3) is 0 Å². The van der Waals surface area contributed by atoms with Crippen molar-refractivity contribution in [1.29, 1.82) is 0 Å². The van der Waals surface area contributed by atoms with Crippen molar-refractivity contribution in [2.24, 2.45) is 5.73 Å². The molecule has 4 nitrogen and oxygen atoms in total. The Balaban J connectivity index is 2.39. The minimum Gasteiger partial charge on any atom is -0.375 e. The molecule has 1 aliphatic rings. The molecule has 1 saturated heterocycles. The number of amides is 1. The van der Waals surface area contributed by atoms with Gasteiger partial charge < -0.3 is 15.4 Å². The SMILES string of the molecule is CCCC[C@@H](N)C(=O)N1CCO[C@@H](CCC)C1. The molecule has 0 bridgehead atoms. The van der Waals surface area contributed by atoms with E-state index in [4.69, 9.17) is 10.5 Å². The number of carbonyl (C=O) groups excluding carboxylic acids is 1. The number of ether oxygens (including phenoxy) is 1. The fraction of sp³-hybridized carbons (Fsp3) is 0.923. The van der Waals surface area contributed by atoms with Crippen LogP contribution >= 0.6 is 0 Å². The van der Waals surface area contributed by atoms with Gasteiger partial charge in [0.05, 0.1) is 18.8 Å². The highest BCUT2D eigenvalue weighted by atomic mass is 16.5. The van der Waals surface area contributed by atoms with Gasteiger partial charge >= 0.3 is 0 Å². The van der Waals surface area contributed by atoms with E-state index in [-0.39, 0.29) is 18.1 Å². The third-order valence-electron chi connectivity index (χ3n) is 3.25. The van der Waals surface area contributed by atoms with Gasteiger partial charge in [-0.15, -0.1) is 0 Å². The number of nitrogens with two attached hydrogens (primary N) is 1. The quantitative estimate of drug-likeness (QED) is 0.768. The second kappa shape index (κ2) is 7.67. The van der Waals surface area contributed by atoms with Gasteiger partial charge in [-0.3, -0.25) is 4.79 Å². The second-order valence-electron chi connectivity index (χ2n) is 4.81. The maximum atomic E-state index is 12.1. The molecule has 100 valence electrons. The standard InChI is InChI=1S/C13H26N2O2/c1-3-5-7-12(14)13(16)15-8-9-17-11(10-15)6-4-2/h11-12H,3-10,14H2,1-2H3/t11-,12+/m0/s1. The van der Waals surface area contributed by atoms with Crippen molar-refractivity contribution in [3.8, 4) is 0 Å². The Labute approximate surface area is 104 Å². The van der Waals surface area contributed by atoms with Crippen LogP contribution in [0.5, 0.6) is 0 Å². The van der Waals surface area contributed by atoms with Crippen molar-refractivity contribution in [2.75, 3.05) is 19.7 Å². The molecular weight excluding hydrogens is 216 g/mol. The predicted octanol–water partition coefficient (Wildman–Crippen LogP) is 1.53. The van der Waals surface area contributed by atoms with Crippen LogP contribution in [0.3, 0.4) is 0 Å². The number of carbonyl (C=O) groups is 1. The molecule has 4 heteroatoms. The summed E-state index contributed by atoms with van der Waals surface area (Å²) in [7, 11) is 0. The van der Waals surface area contributed by atoms with Gasteiger partial charge in [0.15, 0.2) is 0 Å². The van der Waals surface area contributed by atoms with E-state index in [1.165, 1.54) is 0 Å². The number of rotatable bonds is 6. The fourth-order valence-corrected chi connectivity index (χ4v) is 2.20. The highest BCUT2D eigenvalue weighted by Gasteiger charge is 2.26. The Morgan fingerprint density at radius 3 is 2.88 bits per heavy atom. The van der Waals surface area contributed by atoms with Crippen molar-refractivity contribution in [3.05, 3.63) is 0 Å². The molecule has 2 N–H and O–H groups in total. The van der Waals surface area contributed by atoms with Crippen LogP contribution in [0.15, 0.2) is 0 Å². The maximum absolute atomic E-state index is 12.1. The van der Waals surface area contributed by atoms with E-state index in [0.29, 0.717) is 19.7 Å². The van der Waals surface area contributed by atoms with Crippen LogP contribution in [-0.4, -0.2) is 42.6 Å². The zero-order valence-corrected chi connectivity index (χ0v) is 11.2. The van der Waals surface area contributed by atoms with Gasteiger partial charge in [-0.05, 0) is 12.8 Å². The van der Waals surface area contributed by atoms with Gasteiger partial charge in [-0.1, -0.05) is 33.1 Å². The number of unbranched alkanes of at least 4 members (excludes halogenated alkanes) is 1. The molecule has 17 heavy (non-hydrogen) atoms. The summed E-state index contributed by atoms with van der Waals surface area (Å²) in [5.74, 6) is 0.0999. The first kappa shape index (κ1) is 14.5. The third kappa shape index (κ3) is 4.64. The number of hydrogen-bond acceptors (Lipinski definition) is 3. The molecular formula is C13H26N2O2. The number of hydrogen-bond donors (Lipinski definition) is 1. The minimum absolute atomic E-state index is 0.0999. The van der Waals surface area contributed by atoms with Crippen molar-refractivity contribution < 1.29 is 9.53 Å². The van der Waals surface area contributed by atoms with Gasteiger partial charge in [0, 0.05) is 13.1 Å².